The number of carbonyl (C=O) groups excluding carboxylic acids is 3. The molecule has 0 unspecified atom stereocenters. The average Bonchev–Trinajstić information content (AvgIpc) is 3.29. The van der Waals surface area contributed by atoms with Crippen LogP contribution in [0.1, 0.15) is 31.1 Å². The Morgan fingerprint density at radius 2 is 1.62 bits per heavy atom. The zero-order chi connectivity index (χ0) is 18.1. The first kappa shape index (κ1) is 15.6. The Morgan fingerprint density at radius 1 is 0.962 bits per heavy atom. The summed E-state index contributed by atoms with van der Waals surface area (Å²) in [5.41, 5.74) is 1.21. The van der Waals surface area contributed by atoms with Crippen molar-refractivity contribution in [2.24, 2.45) is 0 Å². The van der Waals surface area contributed by atoms with E-state index in [9.17, 15) is 14.4 Å². The first-order valence-corrected chi connectivity index (χ1v) is 7.61. The number of aromatic nitrogens is 4. The Labute approximate surface area is 146 Å². The number of hydrogen-bond donors (Lipinski definition) is 0. The molecule has 0 saturated heterocycles. The van der Waals surface area contributed by atoms with Crippen molar-refractivity contribution in [3.63, 3.8) is 0 Å². The molecule has 128 valence electrons. The van der Waals surface area contributed by atoms with Gasteiger partial charge in [-0.1, -0.05) is 24.3 Å². The highest BCUT2D eigenvalue weighted by molar-refractivity contribution is 6.21. The molecule has 2 amide bonds. The summed E-state index contributed by atoms with van der Waals surface area (Å²) in [6.45, 7) is -0.477. The topological polar surface area (TPSA) is 107 Å². The van der Waals surface area contributed by atoms with Crippen LogP contribution in [0.5, 0.6) is 0 Å². The number of para-hydroxylation sites is 1. The molecular weight excluding hydrogens is 338 g/mol. The van der Waals surface area contributed by atoms with E-state index in [4.69, 9.17) is 4.74 Å². The molecule has 0 fully saturated rings. The Hall–Kier alpha value is -3.88. The number of amides is 2. The summed E-state index contributed by atoms with van der Waals surface area (Å²) in [6.07, 6.45) is 1.34. The molecule has 0 atom stereocenters. The van der Waals surface area contributed by atoms with Crippen LogP contribution in [0.2, 0.25) is 0 Å². The summed E-state index contributed by atoms with van der Waals surface area (Å²) < 4.78 is 6.50. The molecule has 9 heteroatoms. The van der Waals surface area contributed by atoms with Gasteiger partial charge in [0.1, 0.15) is 6.33 Å². The van der Waals surface area contributed by atoms with E-state index in [0.29, 0.717) is 16.8 Å². The first-order chi connectivity index (χ1) is 12.7. The minimum atomic E-state index is -0.701. The lowest BCUT2D eigenvalue weighted by Crippen LogP contribution is -2.33. The summed E-state index contributed by atoms with van der Waals surface area (Å²) in [5, 5.41) is 10.8. The quantitative estimate of drug-likeness (QED) is 0.512. The lowest BCUT2D eigenvalue weighted by atomic mass is 10.1. The summed E-state index contributed by atoms with van der Waals surface area (Å²) in [4.78, 5) is 37.9. The molecule has 0 aliphatic carbocycles. The summed E-state index contributed by atoms with van der Waals surface area (Å²) in [5.74, 6) is -1.69. The number of tetrazole rings is 1. The van der Waals surface area contributed by atoms with Gasteiger partial charge in [0.2, 0.25) is 0 Å². The van der Waals surface area contributed by atoms with Gasteiger partial charge in [0.05, 0.1) is 22.4 Å². The Morgan fingerprint density at radius 3 is 2.27 bits per heavy atom. The summed E-state index contributed by atoms with van der Waals surface area (Å²) in [7, 11) is 0. The Balaban J connectivity index is 1.53. The van der Waals surface area contributed by atoms with Gasteiger partial charge in [0.15, 0.2) is 6.73 Å². The van der Waals surface area contributed by atoms with E-state index in [1.54, 1.807) is 48.5 Å². The van der Waals surface area contributed by atoms with Crippen LogP contribution < -0.4 is 0 Å². The number of hydrogen-bond acceptors (Lipinski definition) is 7. The second-order valence-electron chi connectivity index (χ2n) is 5.42. The third-order valence-corrected chi connectivity index (χ3v) is 3.92. The van der Waals surface area contributed by atoms with Crippen molar-refractivity contribution in [2.45, 2.75) is 0 Å². The molecule has 0 radical (unpaired) electrons. The monoisotopic (exact) mass is 349 g/mol. The van der Waals surface area contributed by atoms with Gasteiger partial charge in [-0.3, -0.25) is 9.59 Å². The normalized spacial score (nSPS) is 13.0. The van der Waals surface area contributed by atoms with Crippen molar-refractivity contribution in [2.75, 3.05) is 6.73 Å². The van der Waals surface area contributed by atoms with Gasteiger partial charge in [0.25, 0.3) is 11.8 Å². The molecule has 2 heterocycles. The minimum absolute atomic E-state index is 0.205. The highest BCUT2D eigenvalue weighted by atomic mass is 16.5. The maximum atomic E-state index is 12.5. The molecule has 0 bridgehead atoms. The van der Waals surface area contributed by atoms with Gasteiger partial charge in [-0.2, -0.15) is 4.68 Å². The molecule has 26 heavy (non-hydrogen) atoms. The fraction of sp³-hybridized carbons (Fsp3) is 0.0588. The molecule has 0 N–H and O–H groups in total. The number of ether oxygens (including phenoxy) is 1. The van der Waals surface area contributed by atoms with Gasteiger partial charge in [-0.25, -0.2) is 9.69 Å². The fourth-order valence-electron chi connectivity index (χ4n) is 2.68. The third-order valence-electron chi connectivity index (χ3n) is 3.92. The van der Waals surface area contributed by atoms with E-state index < -0.39 is 24.5 Å². The smallest absolute Gasteiger partial charge is 0.342 e. The van der Waals surface area contributed by atoms with Crippen LogP contribution in [-0.4, -0.2) is 49.6 Å². The predicted molar refractivity (Wildman–Crippen MR) is 86.4 cm³/mol. The highest BCUT2D eigenvalue weighted by Gasteiger charge is 2.35. The molecule has 1 aliphatic heterocycles. The molecule has 0 saturated carbocycles. The first-order valence-electron chi connectivity index (χ1n) is 7.61. The van der Waals surface area contributed by atoms with E-state index in [0.717, 1.165) is 4.90 Å². The van der Waals surface area contributed by atoms with E-state index in [-0.39, 0.29) is 5.56 Å². The molecule has 0 spiro atoms. The van der Waals surface area contributed by atoms with Gasteiger partial charge >= 0.3 is 5.97 Å². The Bertz CT molecular complexity index is 981. The average molecular weight is 349 g/mol. The van der Waals surface area contributed by atoms with Gasteiger partial charge in [0, 0.05) is 0 Å². The number of esters is 1. The van der Waals surface area contributed by atoms with Crippen molar-refractivity contribution < 1.29 is 19.1 Å². The predicted octanol–water partition coefficient (Wildman–Crippen LogP) is 1.07. The maximum absolute atomic E-state index is 12.5. The second kappa shape index (κ2) is 6.20. The molecule has 4 rings (SSSR count). The van der Waals surface area contributed by atoms with Crippen LogP contribution in [0.3, 0.4) is 0 Å². The van der Waals surface area contributed by atoms with Crippen molar-refractivity contribution >= 4 is 17.8 Å². The van der Waals surface area contributed by atoms with E-state index in [1.807, 2.05) is 0 Å². The van der Waals surface area contributed by atoms with Gasteiger partial charge < -0.3 is 4.74 Å². The number of carbonyl (C=O) groups is 3. The molecule has 9 nitrogen and oxygen atoms in total. The zero-order valence-electron chi connectivity index (χ0n) is 13.3. The number of nitrogens with zero attached hydrogens (tertiary/aromatic N) is 5. The number of fused-ring (bicyclic) bond motifs is 1. The van der Waals surface area contributed by atoms with E-state index >= 15 is 0 Å². The van der Waals surface area contributed by atoms with Crippen molar-refractivity contribution in [3.05, 3.63) is 71.5 Å². The second-order valence-corrected chi connectivity index (χ2v) is 5.42. The molecule has 3 aromatic rings. The maximum Gasteiger partial charge on any atom is 0.342 e. The summed E-state index contributed by atoms with van der Waals surface area (Å²) in [6, 6.07) is 13.0. The lowest BCUT2D eigenvalue weighted by molar-refractivity contribution is 0.0228. The van der Waals surface area contributed by atoms with E-state index in [1.165, 1.54) is 11.0 Å². The number of imide groups is 1. The molecule has 1 aliphatic rings. The van der Waals surface area contributed by atoms with Crippen LogP contribution in [0.15, 0.2) is 54.9 Å². The molecule has 1 aromatic heterocycles. The van der Waals surface area contributed by atoms with Gasteiger partial charge in [-0.15, -0.1) is 5.10 Å². The molecular formula is C17H11N5O4. The van der Waals surface area contributed by atoms with Crippen LogP contribution in [-0.2, 0) is 4.74 Å². The Kier molecular flexibility index (Phi) is 3.73. The van der Waals surface area contributed by atoms with E-state index in [2.05, 4.69) is 15.5 Å². The van der Waals surface area contributed by atoms with Crippen molar-refractivity contribution in [3.8, 4) is 5.69 Å². The zero-order valence-corrected chi connectivity index (χ0v) is 13.3. The number of rotatable bonds is 4. The SMILES string of the molecule is O=C(OCN1C(=O)c2ccccc2C1=O)c1ccccc1-n1cnnn1. The number of benzene rings is 2. The van der Waals surface area contributed by atoms with Crippen LogP contribution in [0.4, 0.5) is 0 Å². The standard InChI is InChI=1S/C17H11N5O4/c23-15-11-5-1-2-6-12(11)16(24)21(15)10-26-17(25)13-7-3-4-8-14(13)22-9-18-19-20-22/h1-9H,10H2. The minimum Gasteiger partial charge on any atom is -0.440 e. The highest BCUT2D eigenvalue weighted by Crippen LogP contribution is 2.22. The fourth-order valence-corrected chi connectivity index (χ4v) is 2.68. The van der Waals surface area contributed by atoms with Crippen molar-refractivity contribution in [1.82, 2.24) is 25.1 Å². The summed E-state index contributed by atoms with van der Waals surface area (Å²) >= 11 is 0. The largest absolute Gasteiger partial charge is 0.440 e. The van der Waals surface area contributed by atoms with Crippen LogP contribution >= 0.6 is 0 Å². The molecule has 2 aromatic carbocycles. The van der Waals surface area contributed by atoms with Crippen molar-refractivity contribution in [1.29, 1.82) is 0 Å². The van der Waals surface area contributed by atoms with Crippen LogP contribution in [0, 0.1) is 0 Å². The lowest BCUT2D eigenvalue weighted by Gasteiger charge is -2.14. The van der Waals surface area contributed by atoms with Gasteiger partial charge in [-0.05, 0) is 34.7 Å². The van der Waals surface area contributed by atoms with Crippen LogP contribution in [0.25, 0.3) is 5.69 Å². The third kappa shape index (κ3) is 2.51.